The van der Waals surface area contributed by atoms with Crippen LogP contribution in [0.25, 0.3) is 0 Å². The molecule has 0 radical (unpaired) electrons. The highest BCUT2D eigenvalue weighted by molar-refractivity contribution is 5.95. The van der Waals surface area contributed by atoms with Crippen molar-refractivity contribution in [1.29, 1.82) is 0 Å². The summed E-state index contributed by atoms with van der Waals surface area (Å²) in [6, 6.07) is 12.8. The summed E-state index contributed by atoms with van der Waals surface area (Å²) in [4.78, 5) is 26.0. The Labute approximate surface area is 165 Å². The number of ketones is 1. The Morgan fingerprint density at radius 2 is 1.71 bits per heavy atom. The summed E-state index contributed by atoms with van der Waals surface area (Å²) < 4.78 is 10.8. The van der Waals surface area contributed by atoms with Gasteiger partial charge in [-0.15, -0.1) is 0 Å². The number of hydrogen-bond acceptors (Lipinski definition) is 5. The highest BCUT2D eigenvalue weighted by atomic mass is 16.5. The minimum Gasteiger partial charge on any atom is -0.493 e. The molecule has 0 aliphatic carbocycles. The lowest BCUT2D eigenvalue weighted by molar-refractivity contribution is -0.118. The van der Waals surface area contributed by atoms with Crippen LogP contribution in [0.4, 0.5) is 11.4 Å². The summed E-state index contributed by atoms with van der Waals surface area (Å²) in [7, 11) is 1.50. The highest BCUT2D eigenvalue weighted by Crippen LogP contribution is 2.28. The number of carbonyl (C=O) groups excluding carboxylic acids is 2. The Kier molecular flexibility index (Phi) is 6.53. The molecule has 1 heterocycles. The maximum atomic E-state index is 12.2. The smallest absolute Gasteiger partial charge is 0.262 e. The highest BCUT2D eigenvalue weighted by Gasteiger charge is 2.12. The van der Waals surface area contributed by atoms with Gasteiger partial charge in [-0.1, -0.05) is 0 Å². The van der Waals surface area contributed by atoms with Crippen molar-refractivity contribution < 1.29 is 19.1 Å². The largest absolute Gasteiger partial charge is 0.493 e. The molecule has 1 aliphatic rings. The molecule has 1 amide bonds. The van der Waals surface area contributed by atoms with Crippen molar-refractivity contribution in [3.05, 3.63) is 48.0 Å². The number of methoxy groups -OCH3 is 1. The van der Waals surface area contributed by atoms with Gasteiger partial charge in [-0.2, -0.15) is 0 Å². The summed E-state index contributed by atoms with van der Waals surface area (Å²) in [5.74, 6) is 0.522. The zero-order chi connectivity index (χ0) is 19.9. The molecule has 148 valence electrons. The lowest BCUT2D eigenvalue weighted by Gasteiger charge is -2.28. The van der Waals surface area contributed by atoms with E-state index in [-0.39, 0.29) is 18.3 Å². The van der Waals surface area contributed by atoms with Crippen LogP contribution in [-0.4, -0.2) is 38.5 Å². The van der Waals surface area contributed by atoms with E-state index in [1.807, 2.05) is 24.3 Å². The number of benzene rings is 2. The second kappa shape index (κ2) is 9.26. The van der Waals surface area contributed by atoms with Crippen molar-refractivity contribution in [3.8, 4) is 11.5 Å². The fourth-order valence-corrected chi connectivity index (χ4v) is 3.25. The van der Waals surface area contributed by atoms with Gasteiger partial charge in [-0.25, -0.2) is 0 Å². The second-order valence-corrected chi connectivity index (χ2v) is 6.85. The maximum Gasteiger partial charge on any atom is 0.262 e. The average molecular weight is 382 g/mol. The van der Waals surface area contributed by atoms with Gasteiger partial charge in [0.2, 0.25) is 0 Å². The van der Waals surface area contributed by atoms with Crippen LogP contribution >= 0.6 is 0 Å². The number of nitrogens with one attached hydrogen (secondary N) is 1. The number of Topliss-reactive ketones (excluding diaryl/α,β-unsaturated/α-hetero) is 1. The van der Waals surface area contributed by atoms with Crippen LogP contribution in [0.1, 0.15) is 36.5 Å². The molecular formula is C22H26N2O4. The SMILES string of the molecule is COc1cc(C(C)=O)ccc1OCC(=O)Nc1ccc(N2CCCCC2)cc1. The normalized spacial score (nSPS) is 13.7. The van der Waals surface area contributed by atoms with Crippen LogP contribution in [0.3, 0.4) is 0 Å². The number of carbonyl (C=O) groups is 2. The van der Waals surface area contributed by atoms with Crippen LogP contribution in [0.2, 0.25) is 0 Å². The van der Waals surface area contributed by atoms with Crippen molar-refractivity contribution in [2.75, 3.05) is 37.0 Å². The van der Waals surface area contributed by atoms with Crippen molar-refractivity contribution in [3.63, 3.8) is 0 Å². The van der Waals surface area contributed by atoms with E-state index in [1.54, 1.807) is 18.2 Å². The van der Waals surface area contributed by atoms with Crippen molar-refractivity contribution >= 4 is 23.1 Å². The predicted octanol–water partition coefficient (Wildman–Crippen LogP) is 3.91. The molecule has 2 aromatic rings. The van der Waals surface area contributed by atoms with Crippen molar-refractivity contribution in [2.45, 2.75) is 26.2 Å². The van der Waals surface area contributed by atoms with E-state index < -0.39 is 0 Å². The third-order valence-corrected chi connectivity index (χ3v) is 4.80. The first kappa shape index (κ1) is 19.7. The monoisotopic (exact) mass is 382 g/mol. The first-order valence-electron chi connectivity index (χ1n) is 9.53. The Morgan fingerprint density at radius 3 is 2.36 bits per heavy atom. The first-order valence-corrected chi connectivity index (χ1v) is 9.53. The summed E-state index contributed by atoms with van der Waals surface area (Å²) in [6.45, 7) is 3.51. The van der Waals surface area contributed by atoms with Gasteiger partial charge >= 0.3 is 0 Å². The van der Waals surface area contributed by atoms with Crippen LogP contribution in [-0.2, 0) is 4.79 Å². The lowest BCUT2D eigenvalue weighted by atomic mass is 10.1. The van der Waals surface area contributed by atoms with Gasteiger partial charge < -0.3 is 19.7 Å². The number of piperidine rings is 1. The fourth-order valence-electron chi connectivity index (χ4n) is 3.25. The van der Waals surface area contributed by atoms with Gasteiger partial charge in [0.05, 0.1) is 7.11 Å². The van der Waals surface area contributed by atoms with Gasteiger partial charge in [0.25, 0.3) is 5.91 Å². The molecule has 1 fully saturated rings. The molecule has 0 aromatic heterocycles. The number of nitrogens with zero attached hydrogens (tertiary/aromatic N) is 1. The maximum absolute atomic E-state index is 12.2. The third-order valence-electron chi connectivity index (χ3n) is 4.80. The summed E-state index contributed by atoms with van der Waals surface area (Å²) in [5.41, 5.74) is 2.44. The number of rotatable bonds is 7. The molecule has 28 heavy (non-hydrogen) atoms. The third kappa shape index (κ3) is 5.03. The molecule has 1 aliphatic heterocycles. The Balaban J connectivity index is 1.55. The Morgan fingerprint density at radius 1 is 1.00 bits per heavy atom. The van der Waals surface area contributed by atoms with E-state index in [2.05, 4.69) is 10.2 Å². The lowest BCUT2D eigenvalue weighted by Crippen LogP contribution is -2.29. The molecule has 0 saturated carbocycles. The van der Waals surface area contributed by atoms with Gasteiger partial charge in [-0.3, -0.25) is 9.59 Å². The number of ether oxygens (including phenoxy) is 2. The Bertz CT molecular complexity index is 827. The minimum atomic E-state index is -0.261. The first-order chi connectivity index (χ1) is 13.6. The van der Waals surface area contributed by atoms with Gasteiger partial charge in [0, 0.05) is 30.0 Å². The van der Waals surface area contributed by atoms with Gasteiger partial charge in [0.15, 0.2) is 23.9 Å². The van der Waals surface area contributed by atoms with Gasteiger partial charge in [0.1, 0.15) is 0 Å². The molecule has 6 heteroatoms. The molecule has 1 saturated heterocycles. The van der Waals surface area contributed by atoms with Crippen LogP contribution in [0, 0.1) is 0 Å². The standard InChI is InChI=1S/C22H26N2O4/c1-16(25)17-6-11-20(21(14-17)27-2)28-15-22(26)23-18-7-9-19(10-8-18)24-12-4-3-5-13-24/h6-11,14H,3-5,12-13,15H2,1-2H3,(H,23,26). The minimum absolute atomic E-state index is 0.0596. The van der Waals surface area contributed by atoms with Crippen molar-refractivity contribution in [2.24, 2.45) is 0 Å². The van der Waals surface area contributed by atoms with E-state index in [0.717, 1.165) is 18.8 Å². The van der Waals surface area contributed by atoms with E-state index in [1.165, 1.54) is 39.0 Å². The number of anilines is 2. The zero-order valence-electron chi connectivity index (χ0n) is 16.4. The Hall–Kier alpha value is -3.02. The average Bonchev–Trinajstić information content (AvgIpc) is 2.73. The van der Waals surface area contributed by atoms with Crippen LogP contribution in [0.15, 0.2) is 42.5 Å². The molecule has 3 rings (SSSR count). The topological polar surface area (TPSA) is 67.9 Å². The van der Waals surface area contributed by atoms with Crippen LogP contribution < -0.4 is 19.7 Å². The molecule has 0 spiro atoms. The fraction of sp³-hybridized carbons (Fsp3) is 0.364. The van der Waals surface area contributed by atoms with E-state index in [9.17, 15) is 9.59 Å². The molecule has 6 nitrogen and oxygen atoms in total. The second-order valence-electron chi connectivity index (χ2n) is 6.85. The van der Waals surface area contributed by atoms with Crippen LogP contribution in [0.5, 0.6) is 11.5 Å². The number of amides is 1. The molecule has 0 atom stereocenters. The zero-order valence-corrected chi connectivity index (χ0v) is 16.4. The summed E-state index contributed by atoms with van der Waals surface area (Å²) >= 11 is 0. The molecule has 2 aromatic carbocycles. The van der Waals surface area contributed by atoms with Gasteiger partial charge in [-0.05, 0) is 68.7 Å². The van der Waals surface area contributed by atoms with Crippen molar-refractivity contribution in [1.82, 2.24) is 0 Å². The summed E-state index contributed by atoms with van der Waals surface area (Å²) in [6.07, 6.45) is 3.76. The molecular weight excluding hydrogens is 356 g/mol. The molecule has 1 N–H and O–H groups in total. The van der Waals surface area contributed by atoms with E-state index in [0.29, 0.717) is 17.1 Å². The number of hydrogen-bond donors (Lipinski definition) is 1. The quantitative estimate of drug-likeness (QED) is 0.736. The predicted molar refractivity (Wildman–Crippen MR) is 110 cm³/mol. The summed E-state index contributed by atoms with van der Waals surface area (Å²) in [5, 5.41) is 2.83. The molecule has 0 unspecified atom stereocenters. The van der Waals surface area contributed by atoms with E-state index >= 15 is 0 Å². The van der Waals surface area contributed by atoms with E-state index in [4.69, 9.17) is 9.47 Å². The molecule has 0 bridgehead atoms.